The fraction of sp³-hybridized carbons (Fsp3) is 0.867. The maximum Gasteiger partial charge on any atom is 0.0813 e. The third-order valence-corrected chi connectivity index (χ3v) is 8.98. The second-order valence-electron chi connectivity index (χ2n) is 7.31. The average molecular weight is 286 g/mol. The molecule has 18 heavy (non-hydrogen) atoms. The molecular formula is C15H35NSi2. The Hall–Kier alpha value is 0.134. The van der Waals surface area contributed by atoms with Crippen LogP contribution in [0.2, 0.25) is 24.2 Å². The third-order valence-electron chi connectivity index (χ3n) is 3.40. The first-order valence-electron chi connectivity index (χ1n) is 7.59. The Morgan fingerprint density at radius 3 is 2.17 bits per heavy atom. The summed E-state index contributed by atoms with van der Waals surface area (Å²) in [7, 11) is -1.13. The summed E-state index contributed by atoms with van der Waals surface area (Å²) in [5, 5.41) is 4.20. The highest BCUT2D eigenvalue weighted by Crippen LogP contribution is 2.27. The van der Waals surface area contributed by atoms with Crippen LogP contribution in [0.5, 0.6) is 0 Å². The van der Waals surface area contributed by atoms with Gasteiger partial charge in [0.2, 0.25) is 0 Å². The van der Waals surface area contributed by atoms with E-state index in [0.29, 0.717) is 5.04 Å². The van der Waals surface area contributed by atoms with Gasteiger partial charge in [-0.25, -0.2) is 0 Å². The highest BCUT2D eigenvalue weighted by molar-refractivity contribution is 6.67. The summed E-state index contributed by atoms with van der Waals surface area (Å²) >= 11 is 0. The maximum absolute atomic E-state index is 3.70. The molecule has 0 aromatic heterocycles. The monoisotopic (exact) mass is 285 g/mol. The molecule has 0 heterocycles. The molecule has 0 saturated heterocycles. The Morgan fingerprint density at radius 1 is 1.11 bits per heavy atom. The molecule has 0 rings (SSSR count). The van der Waals surface area contributed by atoms with Gasteiger partial charge in [0.1, 0.15) is 0 Å². The van der Waals surface area contributed by atoms with Crippen LogP contribution in [-0.4, -0.2) is 30.3 Å². The lowest BCUT2D eigenvalue weighted by molar-refractivity contribution is 0.670. The minimum atomic E-state index is -0.816. The van der Waals surface area contributed by atoms with Gasteiger partial charge in [-0.05, 0) is 38.0 Å². The summed E-state index contributed by atoms with van der Waals surface area (Å²) in [6.45, 7) is 17.8. The van der Waals surface area contributed by atoms with Crippen molar-refractivity contribution in [3.05, 3.63) is 11.3 Å². The van der Waals surface area contributed by atoms with Crippen LogP contribution in [-0.2, 0) is 0 Å². The van der Waals surface area contributed by atoms with Crippen molar-refractivity contribution in [3.63, 3.8) is 0 Å². The fourth-order valence-corrected chi connectivity index (χ4v) is 5.73. The summed E-state index contributed by atoms with van der Waals surface area (Å²) in [4.78, 5) is 0. The smallest absolute Gasteiger partial charge is 0.0813 e. The lowest BCUT2D eigenvalue weighted by atomic mass is 10.2. The number of hydrogen-bond donors (Lipinski definition) is 1. The van der Waals surface area contributed by atoms with E-state index in [9.17, 15) is 0 Å². The van der Waals surface area contributed by atoms with Gasteiger partial charge in [-0.1, -0.05) is 57.6 Å². The first-order chi connectivity index (χ1) is 8.23. The molecule has 0 aliphatic carbocycles. The van der Waals surface area contributed by atoms with Gasteiger partial charge in [0.05, 0.1) is 8.80 Å². The number of allylic oxidation sites excluding steroid dienone is 1. The fourth-order valence-electron chi connectivity index (χ4n) is 2.08. The van der Waals surface area contributed by atoms with E-state index >= 15 is 0 Å². The molecule has 0 fully saturated rings. The third kappa shape index (κ3) is 10.1. The molecule has 1 unspecified atom stereocenters. The van der Waals surface area contributed by atoms with E-state index in [1.54, 1.807) is 0 Å². The van der Waals surface area contributed by atoms with E-state index in [1.165, 1.54) is 37.2 Å². The Bertz CT molecular complexity index is 237. The summed E-state index contributed by atoms with van der Waals surface area (Å²) < 4.78 is 0. The van der Waals surface area contributed by atoms with Crippen molar-refractivity contribution >= 4 is 17.6 Å². The van der Waals surface area contributed by atoms with Gasteiger partial charge < -0.3 is 5.32 Å². The molecule has 0 amide bonds. The van der Waals surface area contributed by atoms with Gasteiger partial charge in [0, 0.05) is 8.80 Å². The number of hydrogen-bond acceptors (Lipinski definition) is 1. The molecule has 108 valence electrons. The maximum atomic E-state index is 3.70. The average Bonchev–Trinajstić information content (AvgIpc) is 2.18. The van der Waals surface area contributed by atoms with Gasteiger partial charge in [-0.15, -0.1) is 0 Å². The molecule has 0 bridgehead atoms. The summed E-state index contributed by atoms with van der Waals surface area (Å²) in [6, 6.07) is 1.51. The minimum absolute atomic E-state index is 0.317. The standard InChI is InChI=1S/C15H35NSi2/c1-14(2)12-18(15(3,4)5)13-16-10-8-9-11-17(6)7/h12,16-18H,8-11,13H2,1-7H3. The van der Waals surface area contributed by atoms with Gasteiger partial charge in [-0.2, -0.15) is 0 Å². The Kier molecular flexibility index (Phi) is 9.17. The van der Waals surface area contributed by atoms with E-state index in [2.05, 4.69) is 58.7 Å². The predicted octanol–water partition coefficient (Wildman–Crippen LogP) is 3.91. The molecule has 0 radical (unpaired) electrons. The Balaban J connectivity index is 3.89. The molecule has 0 aromatic carbocycles. The number of unbranched alkanes of at least 4 members (excludes halogenated alkanes) is 1. The highest BCUT2D eigenvalue weighted by atomic mass is 28.3. The molecule has 0 saturated carbocycles. The van der Waals surface area contributed by atoms with Crippen molar-refractivity contribution in [2.24, 2.45) is 0 Å². The highest BCUT2D eigenvalue weighted by Gasteiger charge is 2.23. The van der Waals surface area contributed by atoms with Crippen molar-refractivity contribution in [2.45, 2.75) is 71.6 Å². The lowest BCUT2D eigenvalue weighted by Gasteiger charge is -2.27. The summed E-state index contributed by atoms with van der Waals surface area (Å²) in [6.07, 6.45) is 4.06. The first kappa shape index (κ1) is 18.1. The van der Waals surface area contributed by atoms with Crippen LogP contribution in [0.25, 0.3) is 0 Å². The lowest BCUT2D eigenvalue weighted by Crippen LogP contribution is -2.37. The molecule has 0 aliphatic heterocycles. The minimum Gasteiger partial charge on any atom is -0.319 e. The molecule has 1 nitrogen and oxygen atoms in total. The van der Waals surface area contributed by atoms with E-state index in [0.717, 1.165) is 0 Å². The zero-order valence-electron chi connectivity index (χ0n) is 13.8. The zero-order chi connectivity index (χ0) is 14.2. The molecule has 0 aliphatic rings. The normalized spacial score (nSPS) is 13.8. The largest absolute Gasteiger partial charge is 0.319 e. The zero-order valence-corrected chi connectivity index (χ0v) is 16.1. The van der Waals surface area contributed by atoms with E-state index in [-0.39, 0.29) is 8.80 Å². The van der Waals surface area contributed by atoms with Crippen molar-refractivity contribution in [2.75, 3.05) is 12.7 Å². The molecule has 0 aromatic rings. The van der Waals surface area contributed by atoms with Gasteiger partial charge >= 0.3 is 0 Å². The van der Waals surface area contributed by atoms with Crippen LogP contribution in [0.4, 0.5) is 0 Å². The number of nitrogens with one attached hydrogen (secondary N) is 1. The summed E-state index contributed by atoms with van der Waals surface area (Å²) in [5.74, 6) is 0. The molecule has 1 atom stereocenters. The Morgan fingerprint density at radius 2 is 1.72 bits per heavy atom. The topological polar surface area (TPSA) is 12.0 Å². The van der Waals surface area contributed by atoms with Crippen LogP contribution in [0.15, 0.2) is 11.3 Å². The molecule has 1 N–H and O–H groups in total. The van der Waals surface area contributed by atoms with Crippen LogP contribution < -0.4 is 5.32 Å². The number of rotatable bonds is 8. The van der Waals surface area contributed by atoms with Gasteiger partial charge in [-0.3, -0.25) is 0 Å². The van der Waals surface area contributed by atoms with Crippen LogP contribution in [0, 0.1) is 0 Å². The SMILES string of the molecule is CC(C)=C[SiH](CNCCCC[SiH](C)C)C(C)(C)C. The van der Waals surface area contributed by atoms with Crippen molar-refractivity contribution < 1.29 is 0 Å². The van der Waals surface area contributed by atoms with Crippen molar-refractivity contribution in [1.82, 2.24) is 5.32 Å². The van der Waals surface area contributed by atoms with E-state index in [1.807, 2.05) is 0 Å². The molecule has 3 heteroatoms. The predicted molar refractivity (Wildman–Crippen MR) is 92.1 cm³/mol. The second-order valence-corrected chi connectivity index (χ2v) is 14.4. The van der Waals surface area contributed by atoms with Crippen LogP contribution in [0.3, 0.4) is 0 Å². The van der Waals surface area contributed by atoms with Crippen LogP contribution in [0.1, 0.15) is 47.5 Å². The molecular weight excluding hydrogens is 250 g/mol. The molecule has 0 spiro atoms. The van der Waals surface area contributed by atoms with Crippen molar-refractivity contribution in [1.29, 1.82) is 0 Å². The Labute approximate surface area is 119 Å². The van der Waals surface area contributed by atoms with Crippen molar-refractivity contribution in [3.8, 4) is 0 Å². The van der Waals surface area contributed by atoms with Gasteiger partial charge in [0.15, 0.2) is 0 Å². The second kappa shape index (κ2) is 9.10. The first-order valence-corrected chi connectivity index (χ1v) is 12.8. The van der Waals surface area contributed by atoms with Crippen LogP contribution >= 0.6 is 0 Å². The summed E-state index contributed by atoms with van der Waals surface area (Å²) in [5.41, 5.74) is 4.06. The van der Waals surface area contributed by atoms with E-state index in [4.69, 9.17) is 0 Å². The van der Waals surface area contributed by atoms with E-state index < -0.39 is 8.80 Å². The van der Waals surface area contributed by atoms with Gasteiger partial charge in [0.25, 0.3) is 0 Å². The quantitative estimate of drug-likeness (QED) is 0.526.